The van der Waals surface area contributed by atoms with Crippen LogP contribution in [0.3, 0.4) is 0 Å². The van der Waals surface area contributed by atoms with Gasteiger partial charge >= 0.3 is 0 Å². The Balaban J connectivity index is 2.65. The SMILES string of the molecule is CC(C)C[C@H](OC[C@](C)(N)C=O)[C@@H](C)Oc1ccccc1. The average molecular weight is 293 g/mol. The molecule has 21 heavy (non-hydrogen) atoms. The molecule has 0 bridgehead atoms. The molecule has 0 fully saturated rings. The van der Waals surface area contributed by atoms with Gasteiger partial charge in [-0.1, -0.05) is 32.0 Å². The lowest BCUT2D eigenvalue weighted by Crippen LogP contribution is -2.46. The second-order valence-electron chi connectivity index (χ2n) is 6.24. The maximum absolute atomic E-state index is 10.9. The minimum atomic E-state index is -0.957. The van der Waals surface area contributed by atoms with Crippen LogP contribution in [0.25, 0.3) is 0 Å². The molecule has 0 aliphatic carbocycles. The molecule has 0 amide bonds. The minimum absolute atomic E-state index is 0.104. The summed E-state index contributed by atoms with van der Waals surface area (Å²) in [7, 11) is 0. The third kappa shape index (κ3) is 6.74. The lowest BCUT2D eigenvalue weighted by Gasteiger charge is -2.29. The van der Waals surface area contributed by atoms with Crippen LogP contribution < -0.4 is 10.5 Å². The van der Waals surface area contributed by atoms with Gasteiger partial charge in [0.1, 0.15) is 18.1 Å². The minimum Gasteiger partial charge on any atom is -0.488 e. The second-order valence-corrected chi connectivity index (χ2v) is 6.24. The molecule has 2 N–H and O–H groups in total. The molecule has 0 aliphatic rings. The number of hydrogen-bond acceptors (Lipinski definition) is 4. The summed E-state index contributed by atoms with van der Waals surface area (Å²) in [6.07, 6.45) is 1.36. The van der Waals surface area contributed by atoms with E-state index in [2.05, 4.69) is 13.8 Å². The summed E-state index contributed by atoms with van der Waals surface area (Å²) in [5.41, 5.74) is 4.86. The number of nitrogens with two attached hydrogens (primary N) is 1. The molecule has 4 nitrogen and oxygen atoms in total. The molecule has 0 unspecified atom stereocenters. The number of rotatable bonds is 9. The molecule has 118 valence electrons. The van der Waals surface area contributed by atoms with Crippen LogP contribution in [0.5, 0.6) is 5.75 Å². The Labute approximate surface area is 127 Å². The fraction of sp³-hybridized carbons (Fsp3) is 0.588. The van der Waals surface area contributed by atoms with Gasteiger partial charge in [0.05, 0.1) is 18.2 Å². The highest BCUT2D eigenvalue weighted by molar-refractivity contribution is 5.63. The van der Waals surface area contributed by atoms with Crippen molar-refractivity contribution >= 4 is 6.29 Å². The van der Waals surface area contributed by atoms with E-state index < -0.39 is 5.54 Å². The third-order valence-electron chi connectivity index (χ3n) is 3.17. The first-order chi connectivity index (χ1) is 9.84. The molecule has 0 aliphatic heterocycles. The fourth-order valence-electron chi connectivity index (χ4n) is 1.97. The number of carbonyl (C=O) groups is 1. The second kappa shape index (κ2) is 8.15. The molecule has 1 aromatic carbocycles. The molecule has 0 heterocycles. The van der Waals surface area contributed by atoms with Crippen molar-refractivity contribution in [3.05, 3.63) is 30.3 Å². The normalized spacial score (nSPS) is 17.0. The van der Waals surface area contributed by atoms with E-state index in [1.807, 2.05) is 37.3 Å². The monoisotopic (exact) mass is 293 g/mol. The van der Waals surface area contributed by atoms with Gasteiger partial charge in [-0.3, -0.25) is 0 Å². The van der Waals surface area contributed by atoms with Crippen molar-refractivity contribution in [2.24, 2.45) is 11.7 Å². The van der Waals surface area contributed by atoms with Crippen molar-refractivity contribution in [2.75, 3.05) is 6.61 Å². The fourth-order valence-corrected chi connectivity index (χ4v) is 1.97. The van der Waals surface area contributed by atoms with Crippen LogP contribution in [-0.2, 0) is 9.53 Å². The number of aldehydes is 1. The summed E-state index contributed by atoms with van der Waals surface area (Å²) < 4.78 is 11.8. The van der Waals surface area contributed by atoms with Crippen molar-refractivity contribution < 1.29 is 14.3 Å². The Morgan fingerprint density at radius 1 is 1.24 bits per heavy atom. The van der Waals surface area contributed by atoms with Crippen LogP contribution in [0.2, 0.25) is 0 Å². The molecule has 4 heteroatoms. The first-order valence-electron chi connectivity index (χ1n) is 7.42. The summed E-state index contributed by atoms with van der Waals surface area (Å²) in [6.45, 7) is 8.10. The van der Waals surface area contributed by atoms with E-state index >= 15 is 0 Å². The van der Waals surface area contributed by atoms with Crippen LogP contribution in [0.1, 0.15) is 34.1 Å². The van der Waals surface area contributed by atoms with Gasteiger partial charge in [-0.05, 0) is 38.3 Å². The van der Waals surface area contributed by atoms with E-state index in [9.17, 15) is 4.79 Å². The molecule has 0 radical (unpaired) electrons. The van der Waals surface area contributed by atoms with Crippen LogP contribution in [-0.4, -0.2) is 30.6 Å². The van der Waals surface area contributed by atoms with Gasteiger partial charge in [-0.25, -0.2) is 0 Å². The molecule has 0 saturated carbocycles. The number of ether oxygens (including phenoxy) is 2. The number of hydrogen-bond donors (Lipinski definition) is 1. The summed E-state index contributed by atoms with van der Waals surface area (Å²) in [5.74, 6) is 1.28. The Kier molecular flexibility index (Phi) is 6.85. The average Bonchev–Trinajstić information content (AvgIpc) is 2.44. The smallest absolute Gasteiger partial charge is 0.141 e. The van der Waals surface area contributed by atoms with E-state index in [1.165, 1.54) is 0 Å². The third-order valence-corrected chi connectivity index (χ3v) is 3.17. The number of para-hydroxylation sites is 1. The zero-order chi connectivity index (χ0) is 15.9. The Morgan fingerprint density at radius 2 is 1.86 bits per heavy atom. The quantitative estimate of drug-likeness (QED) is 0.711. The topological polar surface area (TPSA) is 61.5 Å². The maximum Gasteiger partial charge on any atom is 0.141 e. The standard InChI is InChI=1S/C17H27NO3/c1-13(2)10-16(20-12-17(4,18)11-19)14(3)21-15-8-6-5-7-9-15/h5-9,11,13-14,16H,10,12,18H2,1-4H3/t14-,16+,17-/m1/s1. The highest BCUT2D eigenvalue weighted by Gasteiger charge is 2.25. The molecule has 3 atom stereocenters. The first kappa shape index (κ1) is 17.7. The summed E-state index contributed by atoms with van der Waals surface area (Å²) in [4.78, 5) is 10.9. The highest BCUT2D eigenvalue weighted by Crippen LogP contribution is 2.19. The van der Waals surface area contributed by atoms with Crippen molar-refractivity contribution in [3.63, 3.8) is 0 Å². The molecule has 1 aromatic rings. The van der Waals surface area contributed by atoms with Crippen LogP contribution in [0.15, 0.2) is 30.3 Å². The Morgan fingerprint density at radius 3 is 2.38 bits per heavy atom. The zero-order valence-corrected chi connectivity index (χ0v) is 13.4. The summed E-state index contributed by atoms with van der Waals surface area (Å²) in [5, 5.41) is 0. The van der Waals surface area contributed by atoms with Crippen molar-refractivity contribution in [2.45, 2.75) is 51.9 Å². The molecular weight excluding hydrogens is 266 g/mol. The van der Waals surface area contributed by atoms with Crippen LogP contribution in [0, 0.1) is 5.92 Å². The van der Waals surface area contributed by atoms with E-state index in [1.54, 1.807) is 6.92 Å². The molecule has 0 saturated heterocycles. The number of carbonyl (C=O) groups excluding carboxylic acids is 1. The highest BCUT2D eigenvalue weighted by atomic mass is 16.5. The van der Waals surface area contributed by atoms with Gasteiger partial charge in [0.2, 0.25) is 0 Å². The van der Waals surface area contributed by atoms with Crippen LogP contribution >= 0.6 is 0 Å². The number of benzene rings is 1. The summed E-state index contributed by atoms with van der Waals surface area (Å²) >= 11 is 0. The summed E-state index contributed by atoms with van der Waals surface area (Å²) in [6, 6.07) is 9.65. The van der Waals surface area contributed by atoms with E-state index in [4.69, 9.17) is 15.2 Å². The van der Waals surface area contributed by atoms with E-state index in [0.29, 0.717) is 5.92 Å². The molecule has 0 aromatic heterocycles. The van der Waals surface area contributed by atoms with Crippen molar-refractivity contribution in [1.82, 2.24) is 0 Å². The lowest BCUT2D eigenvalue weighted by molar-refractivity contribution is -0.116. The van der Waals surface area contributed by atoms with Gasteiger partial charge in [-0.2, -0.15) is 0 Å². The van der Waals surface area contributed by atoms with E-state index in [0.717, 1.165) is 18.5 Å². The molecular formula is C17H27NO3. The molecule has 1 rings (SSSR count). The van der Waals surface area contributed by atoms with Crippen molar-refractivity contribution in [3.8, 4) is 5.75 Å². The predicted molar refractivity (Wildman–Crippen MR) is 84.4 cm³/mol. The maximum atomic E-state index is 10.9. The van der Waals surface area contributed by atoms with Gasteiger partial charge < -0.3 is 20.0 Å². The predicted octanol–water partition coefficient (Wildman–Crippen LogP) is 2.80. The first-order valence-corrected chi connectivity index (χ1v) is 7.42. The van der Waals surface area contributed by atoms with Gasteiger partial charge in [0.15, 0.2) is 0 Å². The van der Waals surface area contributed by atoms with Crippen molar-refractivity contribution in [1.29, 1.82) is 0 Å². The van der Waals surface area contributed by atoms with E-state index in [-0.39, 0.29) is 18.8 Å². The van der Waals surface area contributed by atoms with Gasteiger partial charge in [-0.15, -0.1) is 0 Å². The lowest BCUT2D eigenvalue weighted by atomic mass is 10.0. The van der Waals surface area contributed by atoms with Crippen LogP contribution in [0.4, 0.5) is 0 Å². The zero-order valence-electron chi connectivity index (χ0n) is 13.4. The largest absolute Gasteiger partial charge is 0.488 e. The molecule has 0 spiro atoms. The van der Waals surface area contributed by atoms with Gasteiger partial charge in [0, 0.05) is 0 Å². The Hall–Kier alpha value is -1.39. The van der Waals surface area contributed by atoms with Gasteiger partial charge in [0.25, 0.3) is 0 Å². The Bertz CT molecular complexity index is 417.